The molecule has 6 heteroatoms. The van der Waals surface area contributed by atoms with Gasteiger partial charge < -0.3 is 5.32 Å². The quantitative estimate of drug-likeness (QED) is 0.529. The van der Waals surface area contributed by atoms with Gasteiger partial charge in [-0.3, -0.25) is 14.8 Å². The molecule has 0 bridgehead atoms. The molecule has 0 fully saturated rings. The molecule has 4 nitrogen and oxygen atoms in total. The monoisotopic (exact) mass is 375 g/mol. The predicted molar refractivity (Wildman–Crippen MR) is 105 cm³/mol. The van der Waals surface area contributed by atoms with Crippen LogP contribution in [0.2, 0.25) is 0 Å². The summed E-state index contributed by atoms with van der Waals surface area (Å²) in [5.41, 5.74) is 3.50. The standard InChI is InChI=1S/C21H14FN3OS/c22-19-6-2-1-5-18(19)21(26)25-17-8-15(11-24-12-17)20-9-16(13-27-20)14-4-3-7-23-10-14/h1-13H,(H,25,26). The molecule has 4 aromatic rings. The fourth-order valence-corrected chi connectivity index (χ4v) is 3.56. The lowest BCUT2D eigenvalue weighted by atomic mass is 10.1. The molecule has 0 saturated heterocycles. The number of nitrogens with zero attached hydrogens (tertiary/aromatic N) is 2. The second-order valence-corrected chi connectivity index (χ2v) is 6.75. The fourth-order valence-electron chi connectivity index (χ4n) is 2.66. The third kappa shape index (κ3) is 3.75. The summed E-state index contributed by atoms with van der Waals surface area (Å²) in [5.74, 6) is -1.06. The van der Waals surface area contributed by atoms with E-state index in [2.05, 4.69) is 26.7 Å². The maximum atomic E-state index is 13.8. The molecular weight excluding hydrogens is 361 g/mol. The second-order valence-electron chi connectivity index (χ2n) is 5.84. The molecule has 1 amide bonds. The number of benzene rings is 1. The van der Waals surface area contributed by atoms with Crippen LogP contribution in [0.25, 0.3) is 21.6 Å². The first kappa shape index (κ1) is 17.1. The van der Waals surface area contributed by atoms with E-state index in [1.807, 2.05) is 24.4 Å². The van der Waals surface area contributed by atoms with E-state index in [1.54, 1.807) is 35.9 Å². The maximum absolute atomic E-state index is 13.8. The Morgan fingerprint density at radius 2 is 1.78 bits per heavy atom. The van der Waals surface area contributed by atoms with Crippen molar-refractivity contribution in [2.45, 2.75) is 0 Å². The van der Waals surface area contributed by atoms with Crippen molar-refractivity contribution in [2.75, 3.05) is 5.32 Å². The van der Waals surface area contributed by atoms with Crippen molar-refractivity contribution < 1.29 is 9.18 Å². The van der Waals surface area contributed by atoms with Gasteiger partial charge in [0.1, 0.15) is 5.82 Å². The highest BCUT2D eigenvalue weighted by Gasteiger charge is 2.12. The molecule has 0 aliphatic rings. The number of nitrogens with one attached hydrogen (secondary N) is 1. The third-order valence-corrected chi connectivity index (χ3v) is 4.97. The molecule has 3 heterocycles. The first-order valence-corrected chi connectivity index (χ1v) is 9.09. The highest BCUT2D eigenvalue weighted by atomic mass is 32.1. The lowest BCUT2D eigenvalue weighted by molar-refractivity contribution is 0.102. The Labute approximate surface area is 159 Å². The van der Waals surface area contributed by atoms with Crippen LogP contribution in [0.15, 0.2) is 78.7 Å². The lowest BCUT2D eigenvalue weighted by Gasteiger charge is -2.07. The van der Waals surface area contributed by atoms with Crippen LogP contribution in [-0.4, -0.2) is 15.9 Å². The zero-order valence-corrected chi connectivity index (χ0v) is 14.9. The Balaban J connectivity index is 1.57. The molecule has 0 spiro atoms. The Hall–Kier alpha value is -3.38. The summed E-state index contributed by atoms with van der Waals surface area (Å²) >= 11 is 1.58. The minimum absolute atomic E-state index is 0.00195. The molecule has 27 heavy (non-hydrogen) atoms. The molecule has 0 unspecified atom stereocenters. The molecule has 1 aromatic carbocycles. The molecule has 0 atom stereocenters. The van der Waals surface area contributed by atoms with Gasteiger partial charge in [-0.25, -0.2) is 4.39 Å². The van der Waals surface area contributed by atoms with Crippen molar-refractivity contribution in [1.82, 2.24) is 9.97 Å². The van der Waals surface area contributed by atoms with Gasteiger partial charge in [0.05, 0.1) is 17.4 Å². The van der Waals surface area contributed by atoms with E-state index in [0.29, 0.717) is 5.69 Å². The number of amides is 1. The van der Waals surface area contributed by atoms with Crippen LogP contribution < -0.4 is 5.32 Å². The number of thiophene rings is 1. The highest BCUT2D eigenvalue weighted by Crippen LogP contribution is 2.33. The average Bonchev–Trinajstić information content (AvgIpc) is 3.19. The van der Waals surface area contributed by atoms with Crippen molar-refractivity contribution >= 4 is 22.9 Å². The van der Waals surface area contributed by atoms with Crippen molar-refractivity contribution in [1.29, 1.82) is 0 Å². The number of hydrogen-bond acceptors (Lipinski definition) is 4. The fraction of sp³-hybridized carbons (Fsp3) is 0. The van der Waals surface area contributed by atoms with Gasteiger partial charge in [-0.15, -0.1) is 11.3 Å². The SMILES string of the molecule is O=C(Nc1cncc(-c2cc(-c3cccnc3)cs2)c1)c1ccccc1F. The number of hydrogen-bond donors (Lipinski definition) is 1. The zero-order chi connectivity index (χ0) is 18.6. The summed E-state index contributed by atoms with van der Waals surface area (Å²) in [6, 6.07) is 13.7. The van der Waals surface area contributed by atoms with E-state index in [9.17, 15) is 9.18 Å². The summed E-state index contributed by atoms with van der Waals surface area (Å²) in [4.78, 5) is 21.6. The van der Waals surface area contributed by atoms with Gasteiger partial charge in [0.15, 0.2) is 0 Å². The van der Waals surface area contributed by atoms with E-state index in [-0.39, 0.29) is 5.56 Å². The first-order chi connectivity index (χ1) is 13.2. The van der Waals surface area contributed by atoms with Crippen molar-refractivity contribution in [3.63, 3.8) is 0 Å². The summed E-state index contributed by atoms with van der Waals surface area (Å²) in [6.07, 6.45) is 6.83. The van der Waals surface area contributed by atoms with Gasteiger partial charge in [-0.1, -0.05) is 18.2 Å². The van der Waals surface area contributed by atoms with Crippen LogP contribution in [0.1, 0.15) is 10.4 Å². The van der Waals surface area contributed by atoms with Crippen molar-refractivity contribution in [3.8, 4) is 21.6 Å². The number of pyridine rings is 2. The van der Waals surface area contributed by atoms with Gasteiger partial charge in [0.2, 0.25) is 0 Å². The summed E-state index contributed by atoms with van der Waals surface area (Å²) in [6.45, 7) is 0. The largest absolute Gasteiger partial charge is 0.320 e. The number of halogens is 1. The van der Waals surface area contributed by atoms with Gasteiger partial charge in [0, 0.05) is 34.6 Å². The van der Waals surface area contributed by atoms with Crippen LogP contribution in [0, 0.1) is 5.82 Å². The topological polar surface area (TPSA) is 54.9 Å². The zero-order valence-electron chi connectivity index (χ0n) is 14.1. The maximum Gasteiger partial charge on any atom is 0.258 e. The summed E-state index contributed by atoms with van der Waals surface area (Å²) in [5, 5.41) is 4.75. The van der Waals surface area contributed by atoms with Gasteiger partial charge >= 0.3 is 0 Å². The molecule has 4 rings (SSSR count). The number of carbonyl (C=O) groups excluding carboxylic acids is 1. The molecule has 132 valence electrons. The Kier molecular flexibility index (Phi) is 4.72. The molecule has 1 N–H and O–H groups in total. The summed E-state index contributed by atoms with van der Waals surface area (Å²) < 4.78 is 13.8. The van der Waals surface area contributed by atoms with Crippen LogP contribution >= 0.6 is 11.3 Å². The van der Waals surface area contributed by atoms with Crippen LogP contribution in [0.3, 0.4) is 0 Å². The van der Waals surface area contributed by atoms with Crippen LogP contribution in [0.5, 0.6) is 0 Å². The number of rotatable bonds is 4. The minimum atomic E-state index is -0.557. The highest BCUT2D eigenvalue weighted by molar-refractivity contribution is 7.14. The van der Waals surface area contributed by atoms with E-state index in [4.69, 9.17) is 0 Å². The Morgan fingerprint density at radius 1 is 0.926 bits per heavy atom. The van der Waals surface area contributed by atoms with Crippen molar-refractivity contribution in [3.05, 3.63) is 90.1 Å². The van der Waals surface area contributed by atoms with Gasteiger partial charge in [-0.05, 0) is 41.3 Å². The number of aromatic nitrogens is 2. The third-order valence-electron chi connectivity index (χ3n) is 3.99. The van der Waals surface area contributed by atoms with E-state index in [1.165, 1.54) is 18.3 Å². The first-order valence-electron chi connectivity index (χ1n) is 8.21. The lowest BCUT2D eigenvalue weighted by Crippen LogP contribution is -2.13. The Bertz CT molecular complexity index is 1100. The summed E-state index contributed by atoms with van der Waals surface area (Å²) in [7, 11) is 0. The molecule has 3 aromatic heterocycles. The number of carbonyl (C=O) groups is 1. The normalized spacial score (nSPS) is 10.6. The molecule has 0 radical (unpaired) electrons. The minimum Gasteiger partial charge on any atom is -0.320 e. The number of anilines is 1. The second kappa shape index (κ2) is 7.47. The van der Waals surface area contributed by atoms with E-state index in [0.717, 1.165) is 21.6 Å². The molecule has 0 aliphatic carbocycles. The van der Waals surface area contributed by atoms with E-state index < -0.39 is 11.7 Å². The van der Waals surface area contributed by atoms with Crippen molar-refractivity contribution in [2.24, 2.45) is 0 Å². The van der Waals surface area contributed by atoms with Gasteiger partial charge in [0.25, 0.3) is 5.91 Å². The van der Waals surface area contributed by atoms with Crippen LogP contribution in [0.4, 0.5) is 10.1 Å². The van der Waals surface area contributed by atoms with Crippen LogP contribution in [-0.2, 0) is 0 Å². The smallest absolute Gasteiger partial charge is 0.258 e. The Morgan fingerprint density at radius 3 is 2.59 bits per heavy atom. The molecule has 0 aliphatic heterocycles. The average molecular weight is 375 g/mol. The molecule has 0 saturated carbocycles. The molecular formula is C21H14FN3OS. The van der Waals surface area contributed by atoms with Gasteiger partial charge in [-0.2, -0.15) is 0 Å². The van der Waals surface area contributed by atoms with E-state index >= 15 is 0 Å². The predicted octanol–water partition coefficient (Wildman–Crippen LogP) is 5.26.